The van der Waals surface area contributed by atoms with Crippen molar-refractivity contribution in [1.29, 1.82) is 0 Å². The maximum atomic E-state index is 12.1. The Bertz CT molecular complexity index is 508. The molecule has 1 N–H and O–H groups in total. The molecule has 0 fully saturated rings. The van der Waals surface area contributed by atoms with Gasteiger partial charge in [-0.3, -0.25) is 9.59 Å². The van der Waals surface area contributed by atoms with Crippen molar-refractivity contribution in [1.82, 2.24) is 5.32 Å². The molecule has 0 aliphatic carbocycles. The van der Waals surface area contributed by atoms with E-state index in [2.05, 4.69) is 5.32 Å². The van der Waals surface area contributed by atoms with Crippen LogP contribution in [0.1, 0.15) is 45.2 Å². The van der Waals surface area contributed by atoms with Crippen LogP contribution in [0.5, 0.6) is 0 Å². The number of amides is 1. The van der Waals surface area contributed by atoms with Crippen molar-refractivity contribution in [3.05, 3.63) is 34.9 Å². The second-order valence-electron chi connectivity index (χ2n) is 6.16. The van der Waals surface area contributed by atoms with Crippen molar-refractivity contribution in [2.24, 2.45) is 5.41 Å². The summed E-state index contributed by atoms with van der Waals surface area (Å²) in [5, 5.41) is 3.39. The summed E-state index contributed by atoms with van der Waals surface area (Å²) in [5.74, 6) is -0.507. The molecule has 1 rings (SSSR count). The lowest BCUT2D eigenvalue weighted by atomic mass is 9.91. The second-order valence-corrected chi connectivity index (χ2v) is 6.57. The van der Waals surface area contributed by atoms with E-state index in [9.17, 15) is 9.59 Å². The van der Waals surface area contributed by atoms with Gasteiger partial charge in [-0.25, -0.2) is 0 Å². The Labute approximate surface area is 130 Å². The molecule has 1 atom stereocenters. The fourth-order valence-corrected chi connectivity index (χ4v) is 2.24. The van der Waals surface area contributed by atoms with E-state index in [4.69, 9.17) is 16.3 Å². The Balaban J connectivity index is 2.91. The van der Waals surface area contributed by atoms with Crippen molar-refractivity contribution in [3.8, 4) is 0 Å². The summed E-state index contributed by atoms with van der Waals surface area (Å²) in [7, 11) is 1.32. The number of halogens is 1. The molecule has 0 bridgehead atoms. The third kappa shape index (κ3) is 6.17. The number of ether oxygens (including phenoxy) is 1. The maximum absolute atomic E-state index is 12.1. The average Bonchev–Trinajstić information content (AvgIpc) is 2.36. The van der Waals surface area contributed by atoms with E-state index in [0.717, 1.165) is 0 Å². The highest BCUT2D eigenvalue weighted by Gasteiger charge is 2.23. The van der Waals surface area contributed by atoms with E-state index in [1.165, 1.54) is 7.11 Å². The predicted octanol–water partition coefficient (Wildman–Crippen LogP) is 3.50. The summed E-state index contributed by atoms with van der Waals surface area (Å²) in [6, 6.07) is 6.67. The normalized spacial score (nSPS) is 12.6. The quantitative estimate of drug-likeness (QED) is 0.847. The van der Waals surface area contributed by atoms with Crippen molar-refractivity contribution in [2.75, 3.05) is 7.11 Å². The summed E-state index contributed by atoms with van der Waals surface area (Å²) in [6.45, 7) is 5.95. The number of benzene rings is 1. The monoisotopic (exact) mass is 311 g/mol. The minimum atomic E-state index is -0.485. The first-order chi connectivity index (χ1) is 9.73. The van der Waals surface area contributed by atoms with Crippen LogP contribution >= 0.6 is 11.6 Å². The van der Waals surface area contributed by atoms with Gasteiger partial charge >= 0.3 is 5.97 Å². The van der Waals surface area contributed by atoms with E-state index >= 15 is 0 Å². The molecule has 0 heterocycles. The van der Waals surface area contributed by atoms with Gasteiger partial charge in [0.1, 0.15) is 0 Å². The van der Waals surface area contributed by atoms with Crippen LogP contribution in [0, 0.1) is 5.41 Å². The van der Waals surface area contributed by atoms with Crippen LogP contribution < -0.4 is 5.32 Å². The van der Waals surface area contributed by atoms with Crippen molar-refractivity contribution < 1.29 is 14.3 Å². The van der Waals surface area contributed by atoms with Crippen LogP contribution in [0.25, 0.3) is 0 Å². The fourth-order valence-electron chi connectivity index (χ4n) is 1.97. The number of carbonyl (C=O) groups excluding carboxylic acids is 2. The van der Waals surface area contributed by atoms with E-state index in [1.807, 2.05) is 26.8 Å². The van der Waals surface area contributed by atoms with Gasteiger partial charge in [-0.05, 0) is 17.0 Å². The Morgan fingerprint density at radius 1 is 1.29 bits per heavy atom. The lowest BCUT2D eigenvalue weighted by Crippen LogP contribution is -2.33. The average molecular weight is 312 g/mol. The number of rotatable bonds is 5. The molecule has 0 radical (unpaired) electrons. The zero-order valence-corrected chi connectivity index (χ0v) is 13.7. The highest BCUT2D eigenvalue weighted by molar-refractivity contribution is 6.31. The molecule has 1 aromatic carbocycles. The zero-order chi connectivity index (χ0) is 16.0. The van der Waals surface area contributed by atoms with E-state index < -0.39 is 12.0 Å². The zero-order valence-electron chi connectivity index (χ0n) is 12.9. The molecule has 1 amide bonds. The minimum Gasteiger partial charge on any atom is -0.469 e. The van der Waals surface area contributed by atoms with Gasteiger partial charge in [0, 0.05) is 11.4 Å². The molecule has 0 aliphatic rings. The summed E-state index contributed by atoms with van der Waals surface area (Å²) in [6.07, 6.45) is 0.422. The Morgan fingerprint density at radius 2 is 1.90 bits per heavy atom. The van der Waals surface area contributed by atoms with Gasteiger partial charge in [0.15, 0.2) is 0 Å². The molecular formula is C16H22ClNO3. The first-order valence-corrected chi connectivity index (χ1v) is 7.21. The number of hydrogen-bond acceptors (Lipinski definition) is 3. The second kappa shape index (κ2) is 7.46. The van der Waals surface area contributed by atoms with Gasteiger partial charge in [0.25, 0.3) is 0 Å². The van der Waals surface area contributed by atoms with Gasteiger partial charge in [0.05, 0.1) is 19.6 Å². The van der Waals surface area contributed by atoms with Gasteiger partial charge in [0.2, 0.25) is 5.91 Å². The van der Waals surface area contributed by atoms with Crippen LogP contribution in [-0.2, 0) is 14.3 Å². The molecule has 4 nitrogen and oxygen atoms in total. The van der Waals surface area contributed by atoms with Gasteiger partial charge in [-0.2, -0.15) is 0 Å². The standard InChI is InChI=1S/C16H22ClNO3/c1-16(2,3)10-14(19)18-13(9-15(20)21-4)11-7-5-6-8-12(11)17/h5-8,13H,9-10H2,1-4H3,(H,18,19). The van der Waals surface area contributed by atoms with Crippen LogP contribution in [0.4, 0.5) is 0 Å². The van der Waals surface area contributed by atoms with Crippen LogP contribution in [0.2, 0.25) is 5.02 Å². The van der Waals surface area contributed by atoms with E-state index in [-0.39, 0.29) is 17.7 Å². The molecule has 0 aromatic heterocycles. The Kier molecular flexibility index (Phi) is 6.21. The summed E-state index contributed by atoms with van der Waals surface area (Å²) in [5.41, 5.74) is 0.590. The Hall–Kier alpha value is -1.55. The third-order valence-electron chi connectivity index (χ3n) is 2.91. The summed E-state index contributed by atoms with van der Waals surface area (Å²) in [4.78, 5) is 23.7. The van der Waals surface area contributed by atoms with Crippen molar-refractivity contribution >= 4 is 23.5 Å². The summed E-state index contributed by atoms with van der Waals surface area (Å²) < 4.78 is 4.69. The molecule has 5 heteroatoms. The van der Waals surface area contributed by atoms with Gasteiger partial charge < -0.3 is 10.1 Å². The van der Waals surface area contributed by atoms with E-state index in [0.29, 0.717) is 17.0 Å². The Morgan fingerprint density at radius 3 is 2.43 bits per heavy atom. The number of hydrogen-bond donors (Lipinski definition) is 1. The lowest BCUT2D eigenvalue weighted by molar-refractivity contribution is -0.141. The first-order valence-electron chi connectivity index (χ1n) is 6.83. The molecule has 0 saturated heterocycles. The van der Waals surface area contributed by atoms with Crippen LogP contribution in [-0.4, -0.2) is 19.0 Å². The number of nitrogens with one attached hydrogen (secondary N) is 1. The molecule has 1 unspecified atom stereocenters. The van der Waals surface area contributed by atoms with Crippen LogP contribution in [0.3, 0.4) is 0 Å². The number of methoxy groups -OCH3 is 1. The maximum Gasteiger partial charge on any atom is 0.307 e. The third-order valence-corrected chi connectivity index (χ3v) is 3.25. The molecule has 0 spiro atoms. The molecule has 21 heavy (non-hydrogen) atoms. The molecule has 0 aliphatic heterocycles. The smallest absolute Gasteiger partial charge is 0.307 e. The highest BCUT2D eigenvalue weighted by atomic mass is 35.5. The molecule has 116 valence electrons. The topological polar surface area (TPSA) is 55.4 Å². The highest BCUT2D eigenvalue weighted by Crippen LogP contribution is 2.26. The van der Waals surface area contributed by atoms with Crippen molar-refractivity contribution in [3.63, 3.8) is 0 Å². The lowest BCUT2D eigenvalue weighted by Gasteiger charge is -2.23. The fraction of sp³-hybridized carbons (Fsp3) is 0.500. The van der Waals surface area contributed by atoms with E-state index in [1.54, 1.807) is 18.2 Å². The molecule has 1 aromatic rings. The summed E-state index contributed by atoms with van der Waals surface area (Å²) >= 11 is 6.16. The predicted molar refractivity (Wildman–Crippen MR) is 83.0 cm³/mol. The molecule has 0 saturated carbocycles. The molecular weight excluding hydrogens is 290 g/mol. The van der Waals surface area contributed by atoms with Gasteiger partial charge in [-0.15, -0.1) is 0 Å². The SMILES string of the molecule is COC(=O)CC(NC(=O)CC(C)(C)C)c1ccccc1Cl. The van der Waals surface area contributed by atoms with Crippen molar-refractivity contribution in [2.45, 2.75) is 39.7 Å². The van der Waals surface area contributed by atoms with Crippen LogP contribution in [0.15, 0.2) is 24.3 Å². The number of esters is 1. The number of carbonyl (C=O) groups is 2. The minimum absolute atomic E-state index is 0.0517. The first kappa shape index (κ1) is 17.5. The van der Waals surface area contributed by atoms with Gasteiger partial charge in [-0.1, -0.05) is 50.6 Å². The largest absolute Gasteiger partial charge is 0.469 e.